The summed E-state index contributed by atoms with van der Waals surface area (Å²) < 4.78 is 5.35. The number of carbonyl (C=O) groups excluding carboxylic acids is 1. The number of pyridine rings is 1. The lowest BCUT2D eigenvalue weighted by Gasteiger charge is -2.27. The molecule has 0 bridgehead atoms. The van der Waals surface area contributed by atoms with Crippen molar-refractivity contribution in [2.75, 3.05) is 36.9 Å². The summed E-state index contributed by atoms with van der Waals surface area (Å²) in [7, 11) is 0. The van der Waals surface area contributed by atoms with E-state index in [9.17, 15) is 4.79 Å². The van der Waals surface area contributed by atoms with Crippen LogP contribution in [0.2, 0.25) is 0 Å². The number of benzene rings is 1. The first kappa shape index (κ1) is 16.2. The fourth-order valence-corrected chi connectivity index (χ4v) is 2.61. The van der Waals surface area contributed by atoms with Gasteiger partial charge >= 0.3 is 0 Å². The average Bonchev–Trinajstić information content (AvgIpc) is 2.63. The van der Waals surface area contributed by atoms with Crippen LogP contribution in [-0.4, -0.2) is 37.1 Å². The molecule has 1 aliphatic heterocycles. The number of hydrogen-bond acceptors (Lipinski definition) is 5. The standard InChI is InChI=1S/C19H21N3O2/c1-14(12-18(23)15-2-5-17(20)6-3-15)16-4-7-19(21-13-16)22-8-10-24-11-9-22/h2-7,12-13H,8-11,20H2,1H3. The first-order valence-corrected chi connectivity index (χ1v) is 8.01. The van der Waals surface area contributed by atoms with E-state index in [-0.39, 0.29) is 5.78 Å². The van der Waals surface area contributed by atoms with E-state index in [4.69, 9.17) is 10.5 Å². The first-order valence-electron chi connectivity index (χ1n) is 8.01. The van der Waals surface area contributed by atoms with Gasteiger partial charge in [0, 0.05) is 30.5 Å². The van der Waals surface area contributed by atoms with Crippen LogP contribution < -0.4 is 10.6 Å². The van der Waals surface area contributed by atoms with Crippen molar-refractivity contribution in [1.82, 2.24) is 4.98 Å². The van der Waals surface area contributed by atoms with Crippen LogP contribution in [0.4, 0.5) is 11.5 Å². The number of nitrogens with two attached hydrogens (primary N) is 1. The molecule has 1 aromatic heterocycles. The second kappa shape index (κ2) is 7.27. The van der Waals surface area contributed by atoms with Crippen molar-refractivity contribution >= 4 is 22.9 Å². The SMILES string of the molecule is CC(=CC(=O)c1ccc(N)cc1)c1ccc(N2CCOCC2)nc1. The lowest BCUT2D eigenvalue weighted by atomic mass is 10.0. The predicted molar refractivity (Wildman–Crippen MR) is 96.1 cm³/mol. The highest BCUT2D eigenvalue weighted by Gasteiger charge is 2.12. The van der Waals surface area contributed by atoms with Gasteiger partial charge in [0.25, 0.3) is 0 Å². The number of rotatable bonds is 4. The van der Waals surface area contributed by atoms with Gasteiger partial charge in [-0.05, 0) is 60.5 Å². The van der Waals surface area contributed by atoms with Crippen molar-refractivity contribution in [2.24, 2.45) is 0 Å². The van der Waals surface area contributed by atoms with Crippen LogP contribution in [0, 0.1) is 0 Å². The predicted octanol–water partition coefficient (Wildman–Crippen LogP) is 2.79. The normalized spacial score (nSPS) is 15.4. The Kier molecular flexibility index (Phi) is 4.91. The Balaban J connectivity index is 1.73. The Labute approximate surface area is 141 Å². The lowest BCUT2D eigenvalue weighted by Crippen LogP contribution is -2.36. The maximum absolute atomic E-state index is 12.3. The zero-order valence-corrected chi connectivity index (χ0v) is 13.7. The summed E-state index contributed by atoms with van der Waals surface area (Å²) in [5.74, 6) is 0.907. The summed E-state index contributed by atoms with van der Waals surface area (Å²) >= 11 is 0. The maximum atomic E-state index is 12.3. The van der Waals surface area contributed by atoms with Crippen LogP contribution in [0.1, 0.15) is 22.8 Å². The molecular formula is C19H21N3O2. The average molecular weight is 323 g/mol. The van der Waals surface area contributed by atoms with Crippen molar-refractivity contribution in [1.29, 1.82) is 0 Å². The molecule has 0 radical (unpaired) electrons. The van der Waals surface area contributed by atoms with E-state index in [0.717, 1.165) is 43.3 Å². The third kappa shape index (κ3) is 3.81. The van der Waals surface area contributed by atoms with E-state index in [1.54, 1.807) is 30.3 Å². The van der Waals surface area contributed by atoms with Crippen LogP contribution in [0.5, 0.6) is 0 Å². The van der Waals surface area contributed by atoms with Gasteiger partial charge in [-0.2, -0.15) is 0 Å². The van der Waals surface area contributed by atoms with Gasteiger partial charge in [-0.3, -0.25) is 4.79 Å². The Hall–Kier alpha value is -2.66. The van der Waals surface area contributed by atoms with Crippen molar-refractivity contribution in [3.8, 4) is 0 Å². The summed E-state index contributed by atoms with van der Waals surface area (Å²) in [4.78, 5) is 19.0. The zero-order valence-electron chi connectivity index (χ0n) is 13.7. The van der Waals surface area contributed by atoms with Crippen LogP contribution in [0.15, 0.2) is 48.7 Å². The molecule has 1 saturated heterocycles. The molecular weight excluding hydrogens is 302 g/mol. The van der Waals surface area contributed by atoms with Gasteiger partial charge in [-0.25, -0.2) is 4.98 Å². The van der Waals surface area contributed by atoms with Crippen LogP contribution >= 0.6 is 0 Å². The Morgan fingerprint density at radius 3 is 2.42 bits per heavy atom. The minimum atomic E-state index is -0.0373. The molecule has 0 amide bonds. The molecule has 0 saturated carbocycles. The Morgan fingerprint density at radius 1 is 1.12 bits per heavy atom. The highest BCUT2D eigenvalue weighted by Crippen LogP contribution is 2.19. The molecule has 2 N–H and O–H groups in total. The van der Waals surface area contributed by atoms with Crippen molar-refractivity contribution in [3.63, 3.8) is 0 Å². The van der Waals surface area contributed by atoms with Gasteiger partial charge in [0.2, 0.25) is 0 Å². The minimum absolute atomic E-state index is 0.0373. The number of morpholine rings is 1. The van der Waals surface area contributed by atoms with Crippen molar-refractivity contribution in [2.45, 2.75) is 6.92 Å². The van der Waals surface area contributed by atoms with E-state index in [2.05, 4.69) is 9.88 Å². The smallest absolute Gasteiger partial charge is 0.186 e. The van der Waals surface area contributed by atoms with Crippen LogP contribution in [0.25, 0.3) is 5.57 Å². The fourth-order valence-electron chi connectivity index (χ4n) is 2.61. The minimum Gasteiger partial charge on any atom is -0.399 e. The molecule has 2 aromatic rings. The number of anilines is 2. The number of nitrogen functional groups attached to an aromatic ring is 1. The molecule has 0 spiro atoms. The van der Waals surface area contributed by atoms with Crippen LogP contribution in [-0.2, 0) is 4.74 Å². The number of ether oxygens (including phenoxy) is 1. The van der Waals surface area contributed by atoms with E-state index in [1.165, 1.54) is 0 Å². The van der Waals surface area contributed by atoms with E-state index < -0.39 is 0 Å². The summed E-state index contributed by atoms with van der Waals surface area (Å²) in [6.45, 7) is 5.10. The second-order valence-electron chi connectivity index (χ2n) is 5.82. The second-order valence-corrected chi connectivity index (χ2v) is 5.82. The molecule has 124 valence electrons. The molecule has 1 aromatic carbocycles. The molecule has 5 heteroatoms. The van der Waals surface area contributed by atoms with Gasteiger partial charge < -0.3 is 15.4 Å². The fraction of sp³-hybridized carbons (Fsp3) is 0.263. The van der Waals surface area contributed by atoms with E-state index in [0.29, 0.717) is 11.3 Å². The number of allylic oxidation sites excluding steroid dienone is 2. The summed E-state index contributed by atoms with van der Waals surface area (Å²) in [6, 6.07) is 10.9. The van der Waals surface area contributed by atoms with Crippen molar-refractivity contribution in [3.05, 3.63) is 59.8 Å². The van der Waals surface area contributed by atoms with Gasteiger partial charge in [0.1, 0.15) is 5.82 Å². The molecule has 5 nitrogen and oxygen atoms in total. The molecule has 24 heavy (non-hydrogen) atoms. The van der Waals surface area contributed by atoms with Gasteiger partial charge in [-0.1, -0.05) is 0 Å². The monoisotopic (exact) mass is 323 g/mol. The quantitative estimate of drug-likeness (QED) is 0.532. The van der Waals surface area contributed by atoms with E-state index in [1.807, 2.05) is 25.3 Å². The zero-order chi connectivity index (χ0) is 16.9. The molecule has 1 fully saturated rings. The van der Waals surface area contributed by atoms with Gasteiger partial charge in [0.15, 0.2) is 5.78 Å². The molecule has 1 aliphatic rings. The number of aromatic nitrogens is 1. The third-order valence-electron chi connectivity index (χ3n) is 4.08. The van der Waals surface area contributed by atoms with Crippen LogP contribution in [0.3, 0.4) is 0 Å². The first-order chi connectivity index (χ1) is 11.6. The number of carbonyl (C=O) groups is 1. The third-order valence-corrected chi connectivity index (χ3v) is 4.08. The topological polar surface area (TPSA) is 68.5 Å². The largest absolute Gasteiger partial charge is 0.399 e. The molecule has 2 heterocycles. The maximum Gasteiger partial charge on any atom is 0.186 e. The molecule has 0 unspecified atom stereocenters. The Bertz CT molecular complexity index is 730. The highest BCUT2D eigenvalue weighted by atomic mass is 16.5. The highest BCUT2D eigenvalue weighted by molar-refractivity contribution is 6.08. The molecule has 0 aliphatic carbocycles. The Morgan fingerprint density at radius 2 is 1.79 bits per heavy atom. The van der Waals surface area contributed by atoms with Gasteiger partial charge in [0.05, 0.1) is 13.2 Å². The van der Waals surface area contributed by atoms with Crippen molar-refractivity contribution < 1.29 is 9.53 Å². The van der Waals surface area contributed by atoms with Gasteiger partial charge in [-0.15, -0.1) is 0 Å². The number of ketones is 1. The lowest BCUT2D eigenvalue weighted by molar-refractivity contribution is 0.104. The summed E-state index contributed by atoms with van der Waals surface area (Å²) in [6.07, 6.45) is 3.45. The number of nitrogens with zero attached hydrogens (tertiary/aromatic N) is 2. The number of hydrogen-bond donors (Lipinski definition) is 1. The summed E-state index contributed by atoms with van der Waals surface area (Å²) in [5.41, 5.74) is 8.75. The van der Waals surface area contributed by atoms with E-state index >= 15 is 0 Å². The summed E-state index contributed by atoms with van der Waals surface area (Å²) in [5, 5.41) is 0. The molecule has 3 rings (SSSR count). The molecule has 0 atom stereocenters.